The number of carbonyl (C=O) groups excluding carboxylic acids is 9. The number of aliphatic carboxylic acids is 3. The van der Waals surface area contributed by atoms with Crippen molar-refractivity contribution in [1.29, 1.82) is 0 Å². The van der Waals surface area contributed by atoms with Crippen molar-refractivity contribution in [2.45, 2.75) is 82.7 Å². The van der Waals surface area contributed by atoms with Gasteiger partial charge in [-0.05, 0) is 12.8 Å². The van der Waals surface area contributed by atoms with Crippen molar-refractivity contribution in [3.05, 3.63) is 0 Å². The Labute approximate surface area is 316 Å². The molecule has 5 N–H and O–H groups in total. The van der Waals surface area contributed by atoms with E-state index in [0.717, 1.165) is 0 Å². The van der Waals surface area contributed by atoms with Crippen molar-refractivity contribution in [2.24, 2.45) is 0 Å². The van der Waals surface area contributed by atoms with E-state index in [0.29, 0.717) is 35.8 Å². The molecule has 2 saturated heterocycles. The Kier molecular flexibility index (Phi) is 30.4. The first kappa shape index (κ1) is 52.1. The minimum atomic E-state index is -2.97. The normalized spacial score (nSPS) is 13.4. The van der Waals surface area contributed by atoms with Crippen LogP contribution in [0.5, 0.6) is 0 Å². The third kappa shape index (κ3) is 19.1. The van der Waals surface area contributed by atoms with Crippen molar-refractivity contribution in [2.75, 3.05) is 0 Å². The zero-order valence-electron chi connectivity index (χ0n) is 24.5. The SMILES string of the molecule is O.O.O=C(CCCCCCC(=O)ON1C(=O)CCC1=O)ON1C(=O)CCC1=O.O=C([O-])CC(O)(CC(=O)[O-])C(=O)[O-].[Na+].[Na+].[Na+]. The zero-order valence-corrected chi connectivity index (χ0v) is 30.5. The summed E-state index contributed by atoms with van der Waals surface area (Å²) in [5.74, 6) is -9.36. The molecule has 0 spiro atoms. The average Bonchev–Trinajstić information content (AvgIpc) is 3.30. The summed E-state index contributed by atoms with van der Waals surface area (Å²) >= 11 is 0. The Bertz CT molecular complexity index is 937. The van der Waals surface area contributed by atoms with Gasteiger partial charge >= 0.3 is 101 Å². The monoisotopic (exact) mass is 662 g/mol. The number of hydrogen-bond donors (Lipinski definition) is 1. The fourth-order valence-corrected chi connectivity index (χ4v) is 3.19. The molecule has 2 fully saturated rings. The van der Waals surface area contributed by atoms with Crippen LogP contribution in [0.3, 0.4) is 0 Å². The molecule has 2 rings (SSSR count). The van der Waals surface area contributed by atoms with Crippen molar-refractivity contribution in [3.8, 4) is 0 Å². The summed E-state index contributed by atoms with van der Waals surface area (Å²) in [6, 6.07) is 0. The Hall–Kier alpha value is -1.49. The van der Waals surface area contributed by atoms with Gasteiger partial charge in [0, 0.05) is 63.3 Å². The van der Waals surface area contributed by atoms with Crippen LogP contribution in [0.25, 0.3) is 0 Å². The molecule has 232 valence electrons. The summed E-state index contributed by atoms with van der Waals surface area (Å²) in [4.78, 5) is 108. The van der Waals surface area contributed by atoms with Gasteiger partial charge in [0.15, 0.2) is 0 Å². The molecular formula is C22H29N2Na3O17. The molecule has 22 heteroatoms. The van der Waals surface area contributed by atoms with Gasteiger partial charge in [-0.15, -0.1) is 10.1 Å². The second-order valence-electron chi connectivity index (χ2n) is 8.42. The number of nitrogens with zero attached hydrogens (tertiary/aromatic N) is 2. The number of carbonyl (C=O) groups is 9. The van der Waals surface area contributed by atoms with Gasteiger partial charge in [-0.1, -0.05) is 12.8 Å². The molecule has 19 nitrogen and oxygen atoms in total. The first-order valence-corrected chi connectivity index (χ1v) is 11.6. The Balaban J connectivity index is -0.000000245. The zero-order chi connectivity index (χ0) is 29.8. The van der Waals surface area contributed by atoms with Gasteiger partial charge < -0.3 is 55.4 Å². The largest absolute Gasteiger partial charge is 1.00 e. The average molecular weight is 662 g/mol. The van der Waals surface area contributed by atoms with Crippen LogP contribution in [-0.4, -0.2) is 85.3 Å². The van der Waals surface area contributed by atoms with Crippen LogP contribution in [0.1, 0.15) is 77.0 Å². The standard InChI is InChI=1S/C16H20N2O8.C6H8O7.3Na.2H2O/c19-11-7-8-12(20)17(11)25-15(23)5-3-1-2-4-6-16(24)26-18-13(21)9-10-14(18)22;7-3(8)1-6(13,5(11)12)2-4(9)10;;;;;/h1-10H2;13H,1-2H2,(H,7,8)(H,9,10)(H,11,12);;;;2*1H2/q;;3*+1;;/p-3. The van der Waals surface area contributed by atoms with E-state index in [4.69, 9.17) is 14.8 Å². The van der Waals surface area contributed by atoms with Crippen LogP contribution in [-0.2, 0) is 52.8 Å². The van der Waals surface area contributed by atoms with Crippen LogP contribution >= 0.6 is 0 Å². The van der Waals surface area contributed by atoms with E-state index in [1.165, 1.54) is 0 Å². The summed E-state index contributed by atoms with van der Waals surface area (Å²) in [6.07, 6.45) is -0.178. The van der Waals surface area contributed by atoms with Gasteiger partial charge in [-0.25, -0.2) is 9.59 Å². The molecule has 2 aliphatic heterocycles. The van der Waals surface area contributed by atoms with E-state index in [2.05, 4.69) is 0 Å². The van der Waals surface area contributed by atoms with Gasteiger partial charge in [0.1, 0.15) is 5.60 Å². The van der Waals surface area contributed by atoms with Crippen LogP contribution in [0.2, 0.25) is 0 Å². The van der Waals surface area contributed by atoms with Crippen LogP contribution in [0.4, 0.5) is 0 Å². The minimum Gasteiger partial charge on any atom is -0.550 e. The van der Waals surface area contributed by atoms with E-state index in [9.17, 15) is 58.5 Å². The predicted molar refractivity (Wildman–Crippen MR) is 118 cm³/mol. The maximum atomic E-state index is 11.6. The molecule has 0 aromatic heterocycles. The molecule has 44 heavy (non-hydrogen) atoms. The molecule has 0 unspecified atom stereocenters. The van der Waals surface area contributed by atoms with Gasteiger partial charge in [0.2, 0.25) is 0 Å². The first-order valence-electron chi connectivity index (χ1n) is 11.6. The second kappa shape index (κ2) is 25.7. The number of unbranched alkanes of at least 4 members (excludes halogenated alkanes) is 3. The number of hydroxylamine groups is 4. The summed E-state index contributed by atoms with van der Waals surface area (Å²) in [5, 5.41) is 40.0. The Morgan fingerprint density at radius 3 is 1.11 bits per heavy atom. The fraction of sp³-hybridized carbons (Fsp3) is 0.591. The van der Waals surface area contributed by atoms with Gasteiger partial charge in [-0.3, -0.25) is 19.2 Å². The van der Waals surface area contributed by atoms with Crippen molar-refractivity contribution < 1.29 is 173 Å². The van der Waals surface area contributed by atoms with Crippen molar-refractivity contribution in [1.82, 2.24) is 10.1 Å². The molecule has 0 aromatic carbocycles. The van der Waals surface area contributed by atoms with Crippen molar-refractivity contribution >= 4 is 53.5 Å². The number of carboxylic acids is 3. The summed E-state index contributed by atoms with van der Waals surface area (Å²) in [5.41, 5.74) is -2.97. The molecule has 4 amide bonds. The first-order chi connectivity index (χ1) is 18.2. The van der Waals surface area contributed by atoms with Gasteiger partial charge in [0.25, 0.3) is 23.6 Å². The molecule has 2 heterocycles. The molecule has 2 aliphatic rings. The fourth-order valence-electron chi connectivity index (χ4n) is 3.19. The van der Waals surface area contributed by atoms with E-state index < -0.39 is 71.9 Å². The summed E-state index contributed by atoms with van der Waals surface area (Å²) in [7, 11) is 0. The van der Waals surface area contributed by atoms with Crippen LogP contribution in [0, 0.1) is 0 Å². The maximum Gasteiger partial charge on any atom is 1.00 e. The number of rotatable bonds is 14. The number of hydrogen-bond acceptors (Lipinski definition) is 15. The maximum absolute atomic E-state index is 11.6. The number of imide groups is 2. The van der Waals surface area contributed by atoms with Gasteiger partial charge in [-0.2, -0.15) is 0 Å². The third-order valence-corrected chi connectivity index (χ3v) is 5.16. The molecule has 0 radical (unpaired) electrons. The smallest absolute Gasteiger partial charge is 0.550 e. The molecule has 0 bridgehead atoms. The number of carboxylic acid groups (broad SMARTS) is 3. The second-order valence-corrected chi connectivity index (χ2v) is 8.42. The molecule has 0 aliphatic carbocycles. The van der Waals surface area contributed by atoms with Crippen LogP contribution < -0.4 is 104 Å². The topological polar surface area (TPSA) is 331 Å². The molecule has 0 aromatic rings. The Morgan fingerprint density at radius 1 is 0.614 bits per heavy atom. The molecule has 0 saturated carbocycles. The van der Waals surface area contributed by atoms with E-state index in [1.807, 2.05) is 0 Å². The summed E-state index contributed by atoms with van der Waals surface area (Å²) in [6.45, 7) is 0. The van der Waals surface area contributed by atoms with E-state index >= 15 is 0 Å². The molecule has 0 atom stereocenters. The quantitative estimate of drug-likeness (QED) is 0.102. The predicted octanol–water partition coefficient (Wildman–Crippen LogP) is -15.3. The molecular weight excluding hydrogens is 633 g/mol. The Morgan fingerprint density at radius 2 is 0.886 bits per heavy atom. The summed E-state index contributed by atoms with van der Waals surface area (Å²) < 4.78 is 0. The number of amides is 4. The minimum absolute atomic E-state index is 0. The van der Waals surface area contributed by atoms with Crippen LogP contribution in [0.15, 0.2) is 0 Å². The van der Waals surface area contributed by atoms with Crippen molar-refractivity contribution in [3.63, 3.8) is 0 Å². The van der Waals surface area contributed by atoms with Gasteiger partial charge in [0.05, 0.1) is 5.97 Å². The van der Waals surface area contributed by atoms with E-state index in [1.54, 1.807) is 0 Å². The third-order valence-electron chi connectivity index (χ3n) is 5.16. The number of aliphatic hydroxyl groups is 1. The van der Waals surface area contributed by atoms with E-state index in [-0.39, 0.29) is 138 Å².